The van der Waals surface area contributed by atoms with Crippen LogP contribution in [0.2, 0.25) is 0 Å². The average Bonchev–Trinajstić information content (AvgIpc) is 2.47. The van der Waals surface area contributed by atoms with Crippen LogP contribution in [0.4, 0.5) is 0 Å². The van der Waals surface area contributed by atoms with E-state index in [2.05, 4.69) is 4.37 Å². The van der Waals surface area contributed by atoms with Gasteiger partial charge in [0.1, 0.15) is 0 Å². The van der Waals surface area contributed by atoms with Crippen molar-refractivity contribution in [1.29, 1.82) is 0 Å². The van der Waals surface area contributed by atoms with E-state index >= 15 is 0 Å². The summed E-state index contributed by atoms with van der Waals surface area (Å²) in [4.78, 5) is 0. The zero-order valence-corrected chi connectivity index (χ0v) is 6.64. The lowest BCUT2D eigenvalue weighted by atomic mass is 10.2. The first-order valence-corrected chi connectivity index (χ1v) is 4.13. The fourth-order valence-corrected chi connectivity index (χ4v) is 1.84. The average molecular weight is 165 g/mol. The molecule has 0 bridgehead atoms. The molecule has 3 heteroatoms. The van der Waals surface area contributed by atoms with Gasteiger partial charge in [0.05, 0.1) is 17.0 Å². The highest BCUT2D eigenvalue weighted by Gasteiger charge is 2.01. The molecule has 2 nitrogen and oxygen atoms in total. The van der Waals surface area contributed by atoms with Gasteiger partial charge in [0.15, 0.2) is 0 Å². The van der Waals surface area contributed by atoms with Crippen molar-refractivity contribution in [1.82, 2.24) is 4.37 Å². The van der Waals surface area contributed by atoms with Gasteiger partial charge in [-0.15, -0.1) is 0 Å². The molecule has 0 atom stereocenters. The van der Waals surface area contributed by atoms with Crippen molar-refractivity contribution in [2.45, 2.75) is 6.61 Å². The molecule has 1 aromatic heterocycles. The van der Waals surface area contributed by atoms with Crippen molar-refractivity contribution in [2.24, 2.45) is 0 Å². The lowest BCUT2D eigenvalue weighted by Crippen LogP contribution is -1.80. The highest BCUT2D eigenvalue weighted by Crippen LogP contribution is 2.21. The molecule has 1 aromatic carbocycles. The Balaban J connectivity index is 2.76. The normalized spacial score (nSPS) is 10.6. The molecule has 0 unspecified atom stereocenters. The zero-order chi connectivity index (χ0) is 7.68. The highest BCUT2D eigenvalue weighted by atomic mass is 32.1. The third-order valence-corrected chi connectivity index (χ3v) is 2.47. The summed E-state index contributed by atoms with van der Waals surface area (Å²) < 4.78 is 5.24. The van der Waals surface area contributed by atoms with Gasteiger partial charge in [0.25, 0.3) is 0 Å². The third-order valence-electron chi connectivity index (χ3n) is 1.60. The van der Waals surface area contributed by atoms with E-state index in [0.717, 1.165) is 15.8 Å². The lowest BCUT2D eigenvalue weighted by Gasteiger charge is -1.88. The zero-order valence-electron chi connectivity index (χ0n) is 5.82. The van der Waals surface area contributed by atoms with Gasteiger partial charge in [0.2, 0.25) is 0 Å². The first-order valence-electron chi connectivity index (χ1n) is 3.36. The largest absolute Gasteiger partial charge is 0.390 e. The van der Waals surface area contributed by atoms with Crippen molar-refractivity contribution in [3.05, 3.63) is 30.0 Å². The molecule has 0 saturated heterocycles. The predicted octanol–water partition coefficient (Wildman–Crippen LogP) is 1.79. The lowest BCUT2D eigenvalue weighted by molar-refractivity contribution is 0.279. The Morgan fingerprint density at radius 2 is 2.18 bits per heavy atom. The van der Waals surface area contributed by atoms with Crippen LogP contribution < -0.4 is 0 Å². The molecule has 0 aliphatic carbocycles. The maximum atomic E-state index is 8.87. The van der Waals surface area contributed by atoms with Crippen molar-refractivity contribution in [2.75, 3.05) is 0 Å². The molecule has 11 heavy (non-hydrogen) atoms. The van der Waals surface area contributed by atoms with Gasteiger partial charge in [-0.05, 0) is 17.6 Å². The molecule has 0 aliphatic heterocycles. The summed E-state index contributed by atoms with van der Waals surface area (Å²) in [7, 11) is 0. The Labute approximate surface area is 68.3 Å². The molecule has 0 saturated carbocycles. The standard InChI is InChI=1S/C8H7NOS/c10-5-7-6-3-1-2-4-8(6)11-9-7/h1-4,10H,5H2. The molecule has 0 spiro atoms. The van der Waals surface area contributed by atoms with Gasteiger partial charge >= 0.3 is 0 Å². The van der Waals surface area contributed by atoms with Crippen LogP contribution in [0.3, 0.4) is 0 Å². The first kappa shape index (κ1) is 6.76. The topological polar surface area (TPSA) is 33.1 Å². The summed E-state index contributed by atoms with van der Waals surface area (Å²) in [6.45, 7) is 0.0318. The number of aliphatic hydroxyl groups excluding tert-OH is 1. The molecule has 0 amide bonds. The maximum absolute atomic E-state index is 8.87. The maximum Gasteiger partial charge on any atom is 0.0875 e. The van der Waals surface area contributed by atoms with E-state index in [1.165, 1.54) is 11.5 Å². The van der Waals surface area contributed by atoms with Crippen molar-refractivity contribution in [3.63, 3.8) is 0 Å². The monoisotopic (exact) mass is 165 g/mol. The number of hydrogen-bond acceptors (Lipinski definition) is 3. The van der Waals surface area contributed by atoms with Crippen molar-refractivity contribution >= 4 is 21.6 Å². The van der Waals surface area contributed by atoms with E-state index in [1.54, 1.807) is 0 Å². The van der Waals surface area contributed by atoms with Crippen LogP contribution in [-0.2, 0) is 6.61 Å². The van der Waals surface area contributed by atoms with Gasteiger partial charge in [-0.3, -0.25) is 0 Å². The van der Waals surface area contributed by atoms with E-state index in [0.29, 0.717) is 0 Å². The number of fused-ring (bicyclic) bond motifs is 1. The fraction of sp³-hybridized carbons (Fsp3) is 0.125. The number of nitrogens with zero attached hydrogens (tertiary/aromatic N) is 1. The van der Waals surface area contributed by atoms with Gasteiger partial charge in [-0.1, -0.05) is 18.2 Å². The second kappa shape index (κ2) is 2.60. The molecule has 0 aliphatic rings. The van der Waals surface area contributed by atoms with E-state index < -0.39 is 0 Å². The second-order valence-electron chi connectivity index (χ2n) is 2.28. The Hall–Kier alpha value is -0.930. The minimum Gasteiger partial charge on any atom is -0.390 e. The quantitative estimate of drug-likeness (QED) is 0.698. The van der Waals surface area contributed by atoms with Crippen molar-refractivity contribution < 1.29 is 5.11 Å². The Morgan fingerprint density at radius 1 is 1.36 bits per heavy atom. The summed E-state index contributed by atoms with van der Waals surface area (Å²) in [6.07, 6.45) is 0. The van der Waals surface area contributed by atoms with E-state index in [9.17, 15) is 0 Å². The van der Waals surface area contributed by atoms with E-state index in [4.69, 9.17) is 5.11 Å². The molecule has 1 N–H and O–H groups in total. The molecule has 1 heterocycles. The van der Waals surface area contributed by atoms with Crippen LogP contribution in [0.5, 0.6) is 0 Å². The SMILES string of the molecule is OCc1nsc2ccccc12. The van der Waals surface area contributed by atoms with Crippen LogP contribution in [0.15, 0.2) is 24.3 Å². The number of aromatic nitrogens is 1. The number of aliphatic hydroxyl groups is 1. The summed E-state index contributed by atoms with van der Waals surface area (Å²) in [5.41, 5.74) is 0.783. The van der Waals surface area contributed by atoms with Crippen LogP contribution in [0.1, 0.15) is 5.69 Å². The van der Waals surface area contributed by atoms with Crippen molar-refractivity contribution in [3.8, 4) is 0 Å². The molecule has 0 radical (unpaired) electrons. The Kier molecular flexibility index (Phi) is 1.60. The number of benzene rings is 1. The smallest absolute Gasteiger partial charge is 0.0875 e. The minimum absolute atomic E-state index is 0.0318. The summed E-state index contributed by atoms with van der Waals surface area (Å²) in [5.74, 6) is 0. The molecule has 2 aromatic rings. The number of rotatable bonds is 1. The molecule has 56 valence electrons. The summed E-state index contributed by atoms with van der Waals surface area (Å²) >= 11 is 1.43. The van der Waals surface area contributed by atoms with Gasteiger partial charge in [-0.2, -0.15) is 4.37 Å². The van der Waals surface area contributed by atoms with E-state index in [1.807, 2.05) is 24.3 Å². The summed E-state index contributed by atoms with van der Waals surface area (Å²) in [6, 6.07) is 7.91. The third kappa shape index (κ3) is 1.02. The Bertz CT molecular complexity index is 369. The van der Waals surface area contributed by atoms with Gasteiger partial charge in [0, 0.05) is 5.39 Å². The Morgan fingerprint density at radius 3 is 3.00 bits per heavy atom. The van der Waals surface area contributed by atoms with Crippen LogP contribution >= 0.6 is 11.5 Å². The number of hydrogen-bond donors (Lipinski definition) is 1. The molecular weight excluding hydrogens is 158 g/mol. The highest BCUT2D eigenvalue weighted by molar-refractivity contribution is 7.13. The summed E-state index contributed by atoms with van der Waals surface area (Å²) in [5, 5.41) is 9.94. The minimum atomic E-state index is 0.0318. The molecular formula is C8H7NOS. The fourth-order valence-electron chi connectivity index (χ4n) is 1.05. The van der Waals surface area contributed by atoms with Gasteiger partial charge < -0.3 is 5.11 Å². The van der Waals surface area contributed by atoms with Crippen LogP contribution in [-0.4, -0.2) is 9.48 Å². The van der Waals surface area contributed by atoms with Crippen LogP contribution in [0, 0.1) is 0 Å². The first-order chi connectivity index (χ1) is 5.42. The molecule has 0 fully saturated rings. The van der Waals surface area contributed by atoms with Crippen LogP contribution in [0.25, 0.3) is 10.1 Å². The molecule has 2 rings (SSSR count). The van der Waals surface area contributed by atoms with Gasteiger partial charge in [-0.25, -0.2) is 0 Å². The predicted molar refractivity (Wildman–Crippen MR) is 45.5 cm³/mol. The van der Waals surface area contributed by atoms with E-state index in [-0.39, 0.29) is 6.61 Å². The second-order valence-corrected chi connectivity index (χ2v) is 3.09.